The number of piperidine rings is 1. The normalized spacial score (nSPS) is 21.3. The fraction of sp³-hybridized carbons (Fsp3) is 0.600. The lowest BCUT2D eigenvalue weighted by Gasteiger charge is -2.22. The summed E-state index contributed by atoms with van der Waals surface area (Å²) in [6, 6.07) is 3.85. The molecule has 2 heterocycles. The van der Waals surface area contributed by atoms with Crippen molar-refractivity contribution in [3.63, 3.8) is 0 Å². The molecule has 0 aliphatic carbocycles. The molecule has 0 spiro atoms. The third-order valence-corrected chi connectivity index (χ3v) is 2.65. The van der Waals surface area contributed by atoms with E-state index >= 15 is 0 Å². The van der Waals surface area contributed by atoms with E-state index in [4.69, 9.17) is 16.3 Å². The van der Waals surface area contributed by atoms with E-state index in [0.717, 1.165) is 6.54 Å². The van der Waals surface area contributed by atoms with Crippen LogP contribution in [0.4, 0.5) is 0 Å². The van der Waals surface area contributed by atoms with Crippen molar-refractivity contribution in [1.82, 2.24) is 15.5 Å². The fourth-order valence-electron chi connectivity index (χ4n) is 1.63. The van der Waals surface area contributed by atoms with Crippen molar-refractivity contribution in [3.8, 4) is 5.88 Å². The van der Waals surface area contributed by atoms with Crippen LogP contribution in [0.5, 0.6) is 5.88 Å². The number of ether oxygens (including phenoxy) is 1. The van der Waals surface area contributed by atoms with Crippen molar-refractivity contribution < 1.29 is 4.74 Å². The lowest BCUT2D eigenvalue weighted by molar-refractivity contribution is 0.230. The summed E-state index contributed by atoms with van der Waals surface area (Å²) in [6.45, 7) is 1.73. The molecule has 0 amide bonds. The molecule has 1 atom stereocenters. The number of halogens is 1. The molecular formula is C10H14ClN3O. The minimum absolute atomic E-state index is 0.387. The Kier molecular flexibility index (Phi) is 3.75. The number of hydrogen-bond donors (Lipinski definition) is 1. The Morgan fingerprint density at radius 2 is 2.33 bits per heavy atom. The summed E-state index contributed by atoms with van der Waals surface area (Å²) in [6.07, 6.45) is 3.70. The van der Waals surface area contributed by atoms with E-state index in [1.165, 1.54) is 19.3 Å². The van der Waals surface area contributed by atoms with Crippen LogP contribution in [0.3, 0.4) is 0 Å². The Bertz CT molecular complexity index is 298. The van der Waals surface area contributed by atoms with Crippen LogP contribution in [0, 0.1) is 0 Å². The average Bonchev–Trinajstić information content (AvgIpc) is 2.30. The van der Waals surface area contributed by atoms with Gasteiger partial charge in [0, 0.05) is 12.1 Å². The summed E-state index contributed by atoms with van der Waals surface area (Å²) in [7, 11) is 0. The first-order valence-electron chi connectivity index (χ1n) is 5.20. The Morgan fingerprint density at radius 3 is 3.00 bits per heavy atom. The van der Waals surface area contributed by atoms with Gasteiger partial charge >= 0.3 is 0 Å². The van der Waals surface area contributed by atoms with E-state index in [1.807, 2.05) is 0 Å². The van der Waals surface area contributed by atoms with Gasteiger partial charge in [-0.05, 0) is 25.5 Å². The maximum absolute atomic E-state index is 5.62. The van der Waals surface area contributed by atoms with Crippen LogP contribution in [-0.2, 0) is 0 Å². The minimum Gasteiger partial charge on any atom is -0.475 e. The lowest BCUT2D eigenvalue weighted by Crippen LogP contribution is -2.38. The molecule has 0 bridgehead atoms. The quantitative estimate of drug-likeness (QED) is 0.853. The molecule has 1 aliphatic rings. The first-order valence-corrected chi connectivity index (χ1v) is 5.58. The SMILES string of the molecule is Clc1ccc(OCC2CCCCN2)nn1. The molecule has 1 aromatic heterocycles. The first-order chi connectivity index (χ1) is 7.34. The van der Waals surface area contributed by atoms with Gasteiger partial charge in [0.1, 0.15) is 6.61 Å². The first kappa shape index (κ1) is 10.6. The topological polar surface area (TPSA) is 47.0 Å². The van der Waals surface area contributed by atoms with Crippen LogP contribution in [0.2, 0.25) is 5.15 Å². The maximum Gasteiger partial charge on any atom is 0.233 e. The Morgan fingerprint density at radius 1 is 1.40 bits per heavy atom. The summed E-state index contributed by atoms with van der Waals surface area (Å²) in [5.41, 5.74) is 0. The minimum atomic E-state index is 0.387. The predicted molar refractivity (Wildman–Crippen MR) is 58.2 cm³/mol. The van der Waals surface area contributed by atoms with E-state index in [0.29, 0.717) is 23.7 Å². The van der Waals surface area contributed by atoms with Crippen LogP contribution in [0.25, 0.3) is 0 Å². The highest BCUT2D eigenvalue weighted by Gasteiger charge is 2.13. The molecule has 0 saturated carbocycles. The zero-order valence-electron chi connectivity index (χ0n) is 8.45. The van der Waals surface area contributed by atoms with Gasteiger partial charge in [0.25, 0.3) is 0 Å². The number of nitrogens with one attached hydrogen (secondary N) is 1. The smallest absolute Gasteiger partial charge is 0.233 e. The second-order valence-corrected chi connectivity index (χ2v) is 4.04. The van der Waals surface area contributed by atoms with E-state index in [-0.39, 0.29) is 0 Å². The largest absolute Gasteiger partial charge is 0.475 e. The molecule has 0 aromatic carbocycles. The predicted octanol–water partition coefficient (Wildman–Crippen LogP) is 1.65. The summed E-state index contributed by atoms with van der Waals surface area (Å²) in [5, 5.41) is 11.3. The molecule has 1 aliphatic heterocycles. The molecule has 1 aromatic rings. The molecular weight excluding hydrogens is 214 g/mol. The molecule has 1 N–H and O–H groups in total. The number of nitrogens with zero attached hydrogens (tertiary/aromatic N) is 2. The highest BCUT2D eigenvalue weighted by molar-refractivity contribution is 6.29. The van der Waals surface area contributed by atoms with Crippen molar-refractivity contribution in [2.45, 2.75) is 25.3 Å². The second-order valence-electron chi connectivity index (χ2n) is 3.65. The van der Waals surface area contributed by atoms with Gasteiger partial charge in [-0.15, -0.1) is 10.2 Å². The molecule has 1 fully saturated rings. The molecule has 1 saturated heterocycles. The van der Waals surface area contributed by atoms with Crippen molar-refractivity contribution in [2.24, 2.45) is 0 Å². The third-order valence-electron chi connectivity index (χ3n) is 2.45. The van der Waals surface area contributed by atoms with E-state index in [9.17, 15) is 0 Å². The third kappa shape index (κ3) is 3.32. The van der Waals surface area contributed by atoms with Gasteiger partial charge in [-0.2, -0.15) is 0 Å². The van der Waals surface area contributed by atoms with Gasteiger partial charge in [-0.25, -0.2) is 0 Å². The monoisotopic (exact) mass is 227 g/mol. The number of aromatic nitrogens is 2. The van der Waals surface area contributed by atoms with Crippen LogP contribution in [0.1, 0.15) is 19.3 Å². The molecule has 2 rings (SSSR count). The molecule has 4 nitrogen and oxygen atoms in total. The fourth-order valence-corrected chi connectivity index (χ4v) is 1.73. The highest BCUT2D eigenvalue weighted by Crippen LogP contribution is 2.11. The van der Waals surface area contributed by atoms with Crippen molar-refractivity contribution >= 4 is 11.6 Å². The zero-order valence-corrected chi connectivity index (χ0v) is 9.20. The molecule has 5 heteroatoms. The van der Waals surface area contributed by atoms with Crippen LogP contribution < -0.4 is 10.1 Å². The van der Waals surface area contributed by atoms with E-state index in [1.54, 1.807) is 12.1 Å². The summed E-state index contributed by atoms with van der Waals surface area (Å²) >= 11 is 5.62. The van der Waals surface area contributed by atoms with Crippen molar-refractivity contribution in [3.05, 3.63) is 17.3 Å². The number of rotatable bonds is 3. The highest BCUT2D eigenvalue weighted by atomic mass is 35.5. The molecule has 15 heavy (non-hydrogen) atoms. The van der Waals surface area contributed by atoms with E-state index < -0.39 is 0 Å². The zero-order chi connectivity index (χ0) is 10.5. The van der Waals surface area contributed by atoms with Crippen molar-refractivity contribution in [2.75, 3.05) is 13.2 Å². The Hall–Kier alpha value is -0.870. The second kappa shape index (κ2) is 5.28. The van der Waals surface area contributed by atoms with Gasteiger partial charge in [-0.1, -0.05) is 18.0 Å². The van der Waals surface area contributed by atoms with Crippen LogP contribution in [0.15, 0.2) is 12.1 Å². The van der Waals surface area contributed by atoms with Crippen LogP contribution in [-0.4, -0.2) is 29.4 Å². The number of hydrogen-bond acceptors (Lipinski definition) is 4. The summed E-state index contributed by atoms with van der Waals surface area (Å²) in [4.78, 5) is 0. The average molecular weight is 228 g/mol. The molecule has 82 valence electrons. The molecule has 1 unspecified atom stereocenters. The van der Waals surface area contributed by atoms with E-state index in [2.05, 4.69) is 15.5 Å². The van der Waals surface area contributed by atoms with Gasteiger partial charge in [-0.3, -0.25) is 0 Å². The maximum atomic E-state index is 5.62. The lowest BCUT2D eigenvalue weighted by atomic mass is 10.1. The van der Waals surface area contributed by atoms with Crippen molar-refractivity contribution in [1.29, 1.82) is 0 Å². The summed E-state index contributed by atoms with van der Waals surface area (Å²) < 4.78 is 5.51. The van der Waals surface area contributed by atoms with Crippen LogP contribution >= 0.6 is 11.6 Å². The Balaban J connectivity index is 1.79. The standard InChI is InChI=1S/C10H14ClN3O/c11-9-4-5-10(14-13-9)15-7-8-3-1-2-6-12-8/h4-5,8,12H,1-3,6-7H2. The van der Waals surface area contributed by atoms with Gasteiger partial charge in [0.2, 0.25) is 5.88 Å². The Labute approximate surface area is 94.0 Å². The molecule has 0 radical (unpaired) electrons. The van der Waals surface area contributed by atoms with Gasteiger partial charge in [0.15, 0.2) is 5.15 Å². The summed E-state index contributed by atoms with van der Waals surface area (Å²) in [5.74, 6) is 0.534. The van der Waals surface area contributed by atoms with Gasteiger partial charge < -0.3 is 10.1 Å². The van der Waals surface area contributed by atoms with Gasteiger partial charge in [0.05, 0.1) is 0 Å².